The number of benzene rings is 1. The Balaban J connectivity index is 2.25. The highest BCUT2D eigenvalue weighted by molar-refractivity contribution is 9.10. The first-order chi connectivity index (χ1) is 9.12. The maximum atomic E-state index is 5.24. The predicted octanol–water partition coefficient (Wildman–Crippen LogP) is 3.86. The molecule has 2 aromatic rings. The van der Waals surface area contributed by atoms with Gasteiger partial charge in [-0.2, -0.15) is 0 Å². The van der Waals surface area contributed by atoms with E-state index in [1.165, 1.54) is 0 Å². The third-order valence-corrected chi connectivity index (χ3v) is 3.13. The lowest BCUT2D eigenvalue weighted by Gasteiger charge is -2.10. The molecule has 0 aliphatic rings. The van der Waals surface area contributed by atoms with E-state index in [0.29, 0.717) is 0 Å². The molecule has 0 saturated heterocycles. The first-order valence-electron chi connectivity index (χ1n) is 6.07. The Morgan fingerprint density at radius 3 is 2.68 bits per heavy atom. The Hall–Kier alpha value is -1.62. The topological polar surface area (TPSA) is 47.0 Å². The van der Waals surface area contributed by atoms with Gasteiger partial charge in [-0.05, 0) is 46.6 Å². The molecular formula is C14H16BrN3O. The van der Waals surface area contributed by atoms with Crippen molar-refractivity contribution < 1.29 is 4.74 Å². The number of rotatable bonds is 4. The Labute approximate surface area is 121 Å². The second-order valence-corrected chi connectivity index (χ2v) is 4.97. The fraction of sp³-hybridized carbons (Fsp3) is 0.286. The van der Waals surface area contributed by atoms with Crippen molar-refractivity contribution in [3.05, 3.63) is 40.3 Å². The fourth-order valence-corrected chi connectivity index (χ4v) is 2.21. The molecular weight excluding hydrogens is 306 g/mol. The number of anilines is 2. The van der Waals surface area contributed by atoms with Crippen LogP contribution in [0, 0.1) is 6.92 Å². The molecule has 1 N–H and O–H groups in total. The molecule has 2 rings (SSSR count). The third-order valence-electron chi connectivity index (χ3n) is 2.72. The molecule has 0 saturated carbocycles. The third kappa shape index (κ3) is 3.44. The highest BCUT2D eigenvalue weighted by Gasteiger charge is 2.04. The average Bonchev–Trinajstić information content (AvgIpc) is 2.38. The molecule has 0 unspecified atom stereocenters. The normalized spacial score (nSPS) is 10.3. The van der Waals surface area contributed by atoms with Crippen LogP contribution >= 0.6 is 15.9 Å². The lowest BCUT2D eigenvalue weighted by Crippen LogP contribution is -2.00. The molecule has 5 heteroatoms. The molecule has 100 valence electrons. The van der Waals surface area contributed by atoms with Crippen molar-refractivity contribution in [1.82, 2.24) is 9.97 Å². The summed E-state index contributed by atoms with van der Waals surface area (Å²) >= 11 is 3.39. The second kappa shape index (κ2) is 6.02. The highest BCUT2D eigenvalue weighted by atomic mass is 79.9. The summed E-state index contributed by atoms with van der Waals surface area (Å²) in [4.78, 5) is 8.72. The van der Waals surface area contributed by atoms with Gasteiger partial charge >= 0.3 is 0 Å². The zero-order chi connectivity index (χ0) is 13.8. The molecule has 4 nitrogen and oxygen atoms in total. The summed E-state index contributed by atoms with van der Waals surface area (Å²) in [6.07, 6.45) is 0.801. The van der Waals surface area contributed by atoms with E-state index in [0.717, 1.165) is 39.7 Å². The number of aromatic nitrogens is 2. The van der Waals surface area contributed by atoms with Gasteiger partial charge < -0.3 is 10.1 Å². The molecule has 0 radical (unpaired) electrons. The fourth-order valence-electron chi connectivity index (χ4n) is 1.79. The first kappa shape index (κ1) is 13.8. The number of halogens is 1. The van der Waals surface area contributed by atoms with Gasteiger partial charge in [0.15, 0.2) is 0 Å². The highest BCUT2D eigenvalue weighted by Crippen LogP contribution is 2.24. The number of methoxy groups -OCH3 is 1. The Kier molecular flexibility index (Phi) is 4.37. The predicted molar refractivity (Wildman–Crippen MR) is 80.1 cm³/mol. The minimum Gasteiger partial charge on any atom is -0.496 e. The molecule has 1 aromatic carbocycles. The summed E-state index contributed by atoms with van der Waals surface area (Å²) in [5.41, 5.74) is 2.06. The van der Waals surface area contributed by atoms with Gasteiger partial charge in [0.05, 0.1) is 7.11 Å². The Morgan fingerprint density at radius 1 is 1.26 bits per heavy atom. The maximum Gasteiger partial charge on any atom is 0.135 e. The second-order valence-electron chi connectivity index (χ2n) is 4.16. The minimum absolute atomic E-state index is 0.781. The molecule has 0 bridgehead atoms. The van der Waals surface area contributed by atoms with Crippen molar-refractivity contribution in [2.45, 2.75) is 20.3 Å². The van der Waals surface area contributed by atoms with E-state index in [2.05, 4.69) is 31.2 Å². The number of nitrogens with one attached hydrogen (secondary N) is 1. The summed E-state index contributed by atoms with van der Waals surface area (Å²) in [7, 11) is 1.67. The van der Waals surface area contributed by atoms with Crippen molar-refractivity contribution in [1.29, 1.82) is 0 Å². The lowest BCUT2D eigenvalue weighted by atomic mass is 10.2. The standard InChI is InChI=1S/C14H16BrN3O/c1-4-13-17-12(15)8-14(18-13)16-10-5-6-11(19-3)9(2)7-10/h5-8H,4H2,1-3H3,(H,16,17,18). The van der Waals surface area contributed by atoms with E-state index in [-0.39, 0.29) is 0 Å². The quantitative estimate of drug-likeness (QED) is 0.868. The van der Waals surface area contributed by atoms with Crippen molar-refractivity contribution in [3.8, 4) is 5.75 Å². The van der Waals surface area contributed by atoms with E-state index in [1.54, 1.807) is 7.11 Å². The number of hydrogen-bond acceptors (Lipinski definition) is 4. The summed E-state index contributed by atoms with van der Waals surface area (Å²) in [6.45, 7) is 4.04. The smallest absolute Gasteiger partial charge is 0.135 e. The van der Waals surface area contributed by atoms with Crippen molar-refractivity contribution in [2.24, 2.45) is 0 Å². The number of ether oxygens (including phenoxy) is 1. The van der Waals surface area contributed by atoms with Crippen LogP contribution in [0.3, 0.4) is 0 Å². The number of hydrogen-bond donors (Lipinski definition) is 1. The molecule has 0 aliphatic heterocycles. The van der Waals surface area contributed by atoms with Crippen LogP contribution < -0.4 is 10.1 Å². The molecule has 0 aliphatic carbocycles. The van der Waals surface area contributed by atoms with Gasteiger partial charge in [0, 0.05) is 18.2 Å². The van der Waals surface area contributed by atoms with Gasteiger partial charge in [0.25, 0.3) is 0 Å². The molecule has 19 heavy (non-hydrogen) atoms. The van der Waals surface area contributed by atoms with Crippen LogP contribution in [0.1, 0.15) is 18.3 Å². The van der Waals surface area contributed by atoms with Gasteiger partial charge in [0.2, 0.25) is 0 Å². The van der Waals surface area contributed by atoms with E-state index >= 15 is 0 Å². The largest absolute Gasteiger partial charge is 0.496 e. The maximum absolute atomic E-state index is 5.24. The first-order valence-corrected chi connectivity index (χ1v) is 6.86. The molecule has 1 aromatic heterocycles. The molecule has 0 spiro atoms. The molecule has 0 fully saturated rings. The van der Waals surface area contributed by atoms with E-state index < -0.39 is 0 Å². The summed E-state index contributed by atoms with van der Waals surface area (Å²) in [5.74, 6) is 2.47. The van der Waals surface area contributed by atoms with E-state index in [9.17, 15) is 0 Å². The number of aryl methyl sites for hydroxylation is 2. The van der Waals surface area contributed by atoms with Gasteiger partial charge in [-0.25, -0.2) is 9.97 Å². The van der Waals surface area contributed by atoms with Crippen molar-refractivity contribution in [2.75, 3.05) is 12.4 Å². The Morgan fingerprint density at radius 2 is 2.05 bits per heavy atom. The van der Waals surface area contributed by atoms with Gasteiger partial charge in [-0.15, -0.1) is 0 Å². The van der Waals surface area contributed by atoms with Crippen molar-refractivity contribution in [3.63, 3.8) is 0 Å². The van der Waals surface area contributed by atoms with Gasteiger partial charge in [-0.3, -0.25) is 0 Å². The summed E-state index contributed by atoms with van der Waals surface area (Å²) < 4.78 is 6.03. The zero-order valence-corrected chi connectivity index (χ0v) is 12.8. The molecule has 1 heterocycles. The van der Waals surface area contributed by atoms with Gasteiger partial charge in [0.1, 0.15) is 22.0 Å². The van der Waals surface area contributed by atoms with Crippen LogP contribution in [0.4, 0.5) is 11.5 Å². The van der Waals surface area contributed by atoms with E-state index in [4.69, 9.17) is 4.74 Å². The van der Waals surface area contributed by atoms with Crippen LogP contribution in [0.5, 0.6) is 5.75 Å². The van der Waals surface area contributed by atoms with Crippen LogP contribution in [0.2, 0.25) is 0 Å². The summed E-state index contributed by atoms with van der Waals surface area (Å²) in [6, 6.07) is 7.79. The SMILES string of the molecule is CCc1nc(Br)cc(Nc2ccc(OC)c(C)c2)n1. The summed E-state index contributed by atoms with van der Waals surface area (Å²) in [5, 5.41) is 3.27. The monoisotopic (exact) mass is 321 g/mol. The Bertz CT molecular complexity index is 587. The minimum atomic E-state index is 0.781. The van der Waals surface area contributed by atoms with Crippen molar-refractivity contribution >= 4 is 27.4 Å². The van der Waals surface area contributed by atoms with Crippen LogP contribution in [0.25, 0.3) is 0 Å². The van der Waals surface area contributed by atoms with E-state index in [1.807, 2.05) is 38.1 Å². The molecule has 0 atom stereocenters. The average molecular weight is 322 g/mol. The van der Waals surface area contributed by atoms with Crippen LogP contribution in [-0.4, -0.2) is 17.1 Å². The molecule has 0 amide bonds. The number of nitrogens with zero attached hydrogens (tertiary/aromatic N) is 2. The van der Waals surface area contributed by atoms with Crippen LogP contribution in [-0.2, 0) is 6.42 Å². The van der Waals surface area contributed by atoms with Crippen LogP contribution in [0.15, 0.2) is 28.9 Å². The van der Waals surface area contributed by atoms with Gasteiger partial charge in [-0.1, -0.05) is 6.92 Å². The zero-order valence-electron chi connectivity index (χ0n) is 11.2. The lowest BCUT2D eigenvalue weighted by molar-refractivity contribution is 0.412.